The number of hydrogen-bond acceptors (Lipinski definition) is 12. The number of carbonyl (C=O) groups excluding carboxylic acids is 2. The van der Waals surface area contributed by atoms with E-state index in [0.717, 1.165) is 11.1 Å². The van der Waals surface area contributed by atoms with E-state index in [2.05, 4.69) is 35.9 Å². The third-order valence-electron chi connectivity index (χ3n) is 4.65. The van der Waals surface area contributed by atoms with Crippen molar-refractivity contribution in [3.05, 3.63) is 35.7 Å². The molecule has 14 heteroatoms. The Morgan fingerprint density at radius 3 is 1.92 bits per heavy atom. The van der Waals surface area contributed by atoms with Crippen LogP contribution < -0.4 is 16.5 Å². The first-order chi connectivity index (χ1) is 18.1. The molecule has 2 amide bonds. The Labute approximate surface area is 215 Å². The van der Waals surface area contributed by atoms with Gasteiger partial charge >= 0.3 is 0 Å². The minimum atomic E-state index is -0.295. The van der Waals surface area contributed by atoms with Gasteiger partial charge in [0.2, 0.25) is 17.6 Å². The van der Waals surface area contributed by atoms with Gasteiger partial charge in [-0.1, -0.05) is 24.3 Å². The van der Waals surface area contributed by atoms with E-state index in [1.807, 2.05) is 24.3 Å². The van der Waals surface area contributed by atoms with Crippen LogP contribution in [0.2, 0.25) is 0 Å². The van der Waals surface area contributed by atoms with Gasteiger partial charge in [-0.2, -0.15) is 0 Å². The van der Waals surface area contributed by atoms with E-state index in [-0.39, 0.29) is 24.8 Å². The third-order valence-corrected chi connectivity index (χ3v) is 4.65. The average Bonchev–Trinajstić information content (AvgIpc) is 2.90. The molecular formula is C23H35N7O7. The number of ether oxygens (including phenoxy) is 4. The van der Waals surface area contributed by atoms with Gasteiger partial charge in [0, 0.05) is 25.1 Å². The SMILES string of the molecule is Cc1nnc(-c2ccc(CNC(=O)CCOCCOCCOCCOCCNC(=O)CON)cc2)nn1. The maximum Gasteiger partial charge on any atom is 0.248 e. The van der Waals surface area contributed by atoms with Crippen molar-refractivity contribution < 1.29 is 33.4 Å². The molecule has 0 atom stereocenters. The lowest BCUT2D eigenvalue weighted by atomic mass is 10.1. The number of aryl methyl sites for hydroxylation is 1. The van der Waals surface area contributed by atoms with Crippen LogP contribution in [0.15, 0.2) is 24.3 Å². The topological polar surface area (TPSA) is 182 Å². The molecule has 4 N–H and O–H groups in total. The van der Waals surface area contributed by atoms with Crippen LogP contribution in [-0.4, -0.2) is 98.2 Å². The summed E-state index contributed by atoms with van der Waals surface area (Å²) in [5.41, 5.74) is 1.76. The number of nitrogens with one attached hydrogen (secondary N) is 2. The van der Waals surface area contributed by atoms with Crippen LogP contribution in [-0.2, 0) is 39.9 Å². The van der Waals surface area contributed by atoms with Crippen molar-refractivity contribution in [1.82, 2.24) is 31.0 Å². The van der Waals surface area contributed by atoms with Crippen molar-refractivity contribution in [3.63, 3.8) is 0 Å². The van der Waals surface area contributed by atoms with Gasteiger partial charge in [0.1, 0.15) is 6.61 Å². The van der Waals surface area contributed by atoms with Crippen LogP contribution in [0.5, 0.6) is 0 Å². The molecule has 0 aliphatic rings. The molecule has 2 aromatic rings. The summed E-state index contributed by atoms with van der Waals surface area (Å²) < 4.78 is 21.5. The van der Waals surface area contributed by atoms with Crippen LogP contribution >= 0.6 is 0 Å². The predicted molar refractivity (Wildman–Crippen MR) is 131 cm³/mol. The molecule has 14 nitrogen and oxygen atoms in total. The maximum atomic E-state index is 12.0. The first-order valence-electron chi connectivity index (χ1n) is 11.9. The molecular weight excluding hydrogens is 486 g/mol. The Bertz CT molecular complexity index is 901. The summed E-state index contributed by atoms with van der Waals surface area (Å²) in [6.07, 6.45) is 0.264. The zero-order chi connectivity index (χ0) is 26.6. The molecule has 0 bridgehead atoms. The summed E-state index contributed by atoms with van der Waals surface area (Å²) in [5, 5.41) is 21.3. The van der Waals surface area contributed by atoms with Gasteiger partial charge in [-0.05, 0) is 12.5 Å². The van der Waals surface area contributed by atoms with Crippen molar-refractivity contribution in [3.8, 4) is 11.4 Å². The van der Waals surface area contributed by atoms with E-state index in [1.54, 1.807) is 6.92 Å². The summed E-state index contributed by atoms with van der Waals surface area (Å²) in [6.45, 7) is 5.54. The minimum Gasteiger partial charge on any atom is -0.379 e. The molecule has 0 spiro atoms. The van der Waals surface area contributed by atoms with Gasteiger partial charge in [-0.3, -0.25) is 14.4 Å². The molecule has 1 heterocycles. The van der Waals surface area contributed by atoms with Crippen LogP contribution in [0.1, 0.15) is 17.8 Å². The lowest BCUT2D eigenvalue weighted by Gasteiger charge is -2.08. The molecule has 1 aromatic carbocycles. The number of nitrogens with zero attached hydrogens (tertiary/aromatic N) is 4. The van der Waals surface area contributed by atoms with E-state index in [0.29, 0.717) is 77.6 Å². The highest BCUT2D eigenvalue weighted by atomic mass is 16.6. The minimum absolute atomic E-state index is 0.0946. The lowest BCUT2D eigenvalue weighted by Crippen LogP contribution is -2.31. The standard InChI is InChI=1S/C23H35N7O7/c1-18-27-29-23(30-28-18)20-4-2-19(3-5-20)16-26-21(31)6-8-33-10-12-35-14-15-36-13-11-34-9-7-25-22(32)17-37-24/h2-5H,6-17,24H2,1H3,(H,25,32)(H,26,31). The second-order valence-electron chi connectivity index (χ2n) is 7.60. The van der Waals surface area contributed by atoms with Gasteiger partial charge in [-0.15, -0.1) is 20.4 Å². The highest BCUT2D eigenvalue weighted by molar-refractivity contribution is 5.77. The zero-order valence-corrected chi connectivity index (χ0v) is 21.0. The molecule has 1 aromatic heterocycles. The van der Waals surface area contributed by atoms with Gasteiger partial charge in [0.25, 0.3) is 0 Å². The number of nitrogens with two attached hydrogens (primary N) is 1. The molecule has 0 saturated carbocycles. The van der Waals surface area contributed by atoms with Gasteiger partial charge in [0.05, 0.1) is 52.9 Å². The van der Waals surface area contributed by atoms with Crippen LogP contribution in [0.25, 0.3) is 11.4 Å². The van der Waals surface area contributed by atoms with Gasteiger partial charge in [-0.25, -0.2) is 5.90 Å². The Morgan fingerprint density at radius 2 is 1.32 bits per heavy atom. The Morgan fingerprint density at radius 1 is 0.757 bits per heavy atom. The Balaban J connectivity index is 1.37. The molecule has 0 saturated heterocycles. The van der Waals surface area contributed by atoms with E-state index < -0.39 is 0 Å². The number of amides is 2. The van der Waals surface area contributed by atoms with E-state index in [1.165, 1.54) is 0 Å². The lowest BCUT2D eigenvalue weighted by molar-refractivity contribution is -0.126. The van der Waals surface area contributed by atoms with E-state index in [9.17, 15) is 9.59 Å². The summed E-state index contributed by atoms with van der Waals surface area (Å²) in [7, 11) is 0. The smallest absolute Gasteiger partial charge is 0.248 e. The van der Waals surface area contributed by atoms with Crippen molar-refractivity contribution in [1.29, 1.82) is 0 Å². The zero-order valence-electron chi connectivity index (χ0n) is 21.0. The molecule has 0 unspecified atom stereocenters. The third kappa shape index (κ3) is 14.3. The van der Waals surface area contributed by atoms with Crippen molar-refractivity contribution in [2.75, 3.05) is 66.0 Å². The number of carbonyl (C=O) groups is 2. The van der Waals surface area contributed by atoms with Crippen molar-refractivity contribution in [2.24, 2.45) is 5.90 Å². The fourth-order valence-electron chi connectivity index (χ4n) is 2.77. The first-order valence-corrected chi connectivity index (χ1v) is 11.9. The normalized spacial score (nSPS) is 10.9. The van der Waals surface area contributed by atoms with Gasteiger partial charge in [0.15, 0.2) is 5.82 Å². The summed E-state index contributed by atoms with van der Waals surface area (Å²) in [6, 6.07) is 7.52. The molecule has 0 radical (unpaired) electrons. The fraction of sp³-hybridized carbons (Fsp3) is 0.565. The molecule has 204 valence electrons. The van der Waals surface area contributed by atoms with Crippen LogP contribution in [0.3, 0.4) is 0 Å². The predicted octanol–water partition coefficient (Wildman–Crippen LogP) is -0.679. The summed E-state index contributed by atoms with van der Waals surface area (Å²) in [4.78, 5) is 27.3. The number of rotatable bonds is 20. The summed E-state index contributed by atoms with van der Waals surface area (Å²) >= 11 is 0. The van der Waals surface area contributed by atoms with Crippen molar-refractivity contribution >= 4 is 11.8 Å². The molecule has 2 rings (SSSR count). The van der Waals surface area contributed by atoms with Gasteiger partial charge < -0.3 is 29.6 Å². The number of aromatic nitrogens is 4. The average molecular weight is 522 g/mol. The largest absolute Gasteiger partial charge is 0.379 e. The second-order valence-corrected chi connectivity index (χ2v) is 7.60. The summed E-state index contributed by atoms with van der Waals surface area (Å²) in [5.74, 6) is 5.37. The number of benzene rings is 1. The van der Waals surface area contributed by atoms with Crippen LogP contribution in [0, 0.1) is 6.92 Å². The molecule has 37 heavy (non-hydrogen) atoms. The molecule has 0 fully saturated rings. The van der Waals surface area contributed by atoms with Crippen LogP contribution in [0.4, 0.5) is 0 Å². The van der Waals surface area contributed by atoms with Crippen molar-refractivity contribution in [2.45, 2.75) is 19.9 Å². The highest BCUT2D eigenvalue weighted by Gasteiger charge is 2.05. The highest BCUT2D eigenvalue weighted by Crippen LogP contribution is 2.13. The number of hydrogen-bond donors (Lipinski definition) is 3. The monoisotopic (exact) mass is 521 g/mol. The molecule has 0 aliphatic heterocycles. The Hall–Kier alpha value is -3.14. The molecule has 0 aliphatic carbocycles. The maximum absolute atomic E-state index is 12.0. The fourth-order valence-corrected chi connectivity index (χ4v) is 2.77. The Kier molecular flexibility index (Phi) is 15.5. The quantitative estimate of drug-likeness (QED) is 0.148. The first kappa shape index (κ1) is 30.1. The van der Waals surface area contributed by atoms with E-state index in [4.69, 9.17) is 24.8 Å². The van der Waals surface area contributed by atoms with E-state index >= 15 is 0 Å². The second kappa shape index (κ2) is 19.0.